The molecule has 1 aliphatic rings. The fourth-order valence-corrected chi connectivity index (χ4v) is 5.19. The number of hydrogen-bond donors (Lipinski definition) is 2. The van der Waals surface area contributed by atoms with Crippen LogP contribution in [0.2, 0.25) is 0 Å². The lowest BCUT2D eigenvalue weighted by Gasteiger charge is -2.38. The number of hydrogen-bond acceptors (Lipinski definition) is 10. The number of pyridine rings is 1. The smallest absolute Gasteiger partial charge is 0.250 e. The topological polar surface area (TPSA) is 112 Å². The molecule has 0 unspecified atom stereocenters. The first kappa shape index (κ1) is 31.5. The van der Waals surface area contributed by atoms with Crippen molar-refractivity contribution in [3.05, 3.63) is 88.6 Å². The molecule has 238 valence electrons. The summed E-state index contributed by atoms with van der Waals surface area (Å²) in [4.78, 5) is 23.0. The zero-order valence-electron chi connectivity index (χ0n) is 25.5. The Bertz CT molecular complexity index is 1630. The molecule has 3 heterocycles. The molecule has 0 amide bonds. The van der Waals surface area contributed by atoms with Crippen LogP contribution >= 0.6 is 0 Å². The Morgan fingerprint density at radius 3 is 2.27 bits per heavy atom. The van der Waals surface area contributed by atoms with Crippen molar-refractivity contribution < 1.29 is 27.7 Å². The molecule has 45 heavy (non-hydrogen) atoms. The van der Waals surface area contributed by atoms with E-state index in [2.05, 4.69) is 39.3 Å². The first-order chi connectivity index (χ1) is 21.7. The van der Waals surface area contributed by atoms with Gasteiger partial charge in [-0.1, -0.05) is 6.07 Å². The molecular weight excluding hydrogens is 586 g/mol. The lowest BCUT2D eigenvalue weighted by atomic mass is 10.1. The summed E-state index contributed by atoms with van der Waals surface area (Å²) in [6, 6.07) is 12.5. The van der Waals surface area contributed by atoms with E-state index < -0.39 is 18.2 Å². The Labute approximate surface area is 259 Å². The predicted octanol–water partition coefficient (Wildman–Crippen LogP) is 4.52. The number of rotatable bonds is 12. The molecule has 1 saturated heterocycles. The fraction of sp³-hybridized carbons (Fsp3) is 0.344. The Morgan fingerprint density at radius 1 is 0.933 bits per heavy atom. The van der Waals surface area contributed by atoms with Gasteiger partial charge < -0.3 is 39.0 Å². The van der Waals surface area contributed by atoms with Gasteiger partial charge in [0.05, 0.1) is 44.4 Å². The molecule has 0 spiro atoms. The average Bonchev–Trinajstić information content (AvgIpc) is 3.02. The van der Waals surface area contributed by atoms with Gasteiger partial charge in [-0.2, -0.15) is 0 Å². The molecule has 2 aromatic carbocycles. The van der Waals surface area contributed by atoms with Crippen LogP contribution in [-0.4, -0.2) is 60.5 Å². The van der Waals surface area contributed by atoms with E-state index >= 15 is 0 Å². The van der Waals surface area contributed by atoms with Crippen molar-refractivity contribution in [1.29, 1.82) is 0 Å². The van der Waals surface area contributed by atoms with Crippen molar-refractivity contribution >= 4 is 17.3 Å². The van der Waals surface area contributed by atoms with Crippen LogP contribution in [0.25, 0.3) is 0 Å². The van der Waals surface area contributed by atoms with Crippen LogP contribution in [0.1, 0.15) is 19.4 Å². The van der Waals surface area contributed by atoms with E-state index in [1.807, 2.05) is 24.3 Å². The highest BCUT2D eigenvalue weighted by atomic mass is 19.1. The van der Waals surface area contributed by atoms with E-state index in [0.717, 1.165) is 24.8 Å². The maximum absolute atomic E-state index is 14.7. The summed E-state index contributed by atoms with van der Waals surface area (Å²) in [6.07, 6.45) is 4.53. The molecule has 11 nitrogen and oxygen atoms in total. The summed E-state index contributed by atoms with van der Waals surface area (Å²) in [5.41, 5.74) is 1.19. The number of nitrogens with one attached hydrogen (secondary N) is 2. The van der Waals surface area contributed by atoms with E-state index in [0.29, 0.717) is 36.7 Å². The quantitative estimate of drug-likeness (QED) is 0.234. The first-order valence-electron chi connectivity index (χ1n) is 14.5. The highest BCUT2D eigenvalue weighted by molar-refractivity contribution is 5.67. The second-order valence-electron chi connectivity index (χ2n) is 10.7. The highest BCUT2D eigenvalue weighted by Crippen LogP contribution is 2.34. The van der Waals surface area contributed by atoms with Gasteiger partial charge in [0.1, 0.15) is 19.0 Å². The molecule has 2 atom stereocenters. The van der Waals surface area contributed by atoms with E-state index in [1.165, 1.54) is 32.7 Å². The van der Waals surface area contributed by atoms with Crippen LogP contribution in [0.4, 0.5) is 26.1 Å². The lowest BCUT2D eigenvalue weighted by molar-refractivity contribution is 0.280. The maximum atomic E-state index is 14.7. The summed E-state index contributed by atoms with van der Waals surface area (Å²) in [7, 11) is 2.56. The van der Waals surface area contributed by atoms with Gasteiger partial charge in [-0.05, 0) is 32.0 Å². The predicted molar refractivity (Wildman–Crippen MR) is 166 cm³/mol. The Hall–Kier alpha value is -4.91. The lowest BCUT2D eigenvalue weighted by Crippen LogP contribution is -2.54. The first-order valence-corrected chi connectivity index (χ1v) is 14.5. The van der Waals surface area contributed by atoms with Crippen LogP contribution < -0.4 is 40.0 Å². The highest BCUT2D eigenvalue weighted by Gasteiger charge is 2.24. The summed E-state index contributed by atoms with van der Waals surface area (Å²) in [5, 5.41) is 6.71. The molecule has 1 fully saturated rings. The Kier molecular flexibility index (Phi) is 9.98. The summed E-state index contributed by atoms with van der Waals surface area (Å²) < 4.78 is 52.7. The van der Waals surface area contributed by atoms with Crippen LogP contribution in [0.3, 0.4) is 0 Å². The third-order valence-electron chi connectivity index (χ3n) is 7.28. The second kappa shape index (κ2) is 14.2. The number of piperazine rings is 1. The average molecular weight is 623 g/mol. The van der Waals surface area contributed by atoms with Gasteiger partial charge in [-0.3, -0.25) is 4.79 Å². The maximum Gasteiger partial charge on any atom is 0.250 e. The molecule has 0 aliphatic carbocycles. The van der Waals surface area contributed by atoms with E-state index in [-0.39, 0.29) is 34.3 Å². The van der Waals surface area contributed by atoms with Gasteiger partial charge in [0.15, 0.2) is 28.9 Å². The van der Waals surface area contributed by atoms with Crippen molar-refractivity contribution in [3.8, 4) is 23.0 Å². The molecule has 1 aliphatic heterocycles. The molecule has 0 saturated carbocycles. The molecule has 0 bridgehead atoms. The number of ether oxygens (including phenoxy) is 4. The zero-order chi connectivity index (χ0) is 31.9. The second-order valence-corrected chi connectivity index (χ2v) is 10.7. The summed E-state index contributed by atoms with van der Waals surface area (Å²) in [6.45, 7) is 6.17. The minimum atomic E-state index is -0.878. The van der Waals surface area contributed by atoms with Gasteiger partial charge >= 0.3 is 0 Å². The van der Waals surface area contributed by atoms with Crippen molar-refractivity contribution in [1.82, 2.24) is 19.9 Å². The molecule has 2 N–H and O–H groups in total. The van der Waals surface area contributed by atoms with Crippen LogP contribution in [0, 0.1) is 11.6 Å². The number of benzene rings is 2. The van der Waals surface area contributed by atoms with E-state index in [4.69, 9.17) is 18.9 Å². The minimum Gasteiger partial charge on any atom is -0.494 e. The number of nitrogens with zero attached hydrogens (tertiary/aromatic N) is 4. The van der Waals surface area contributed by atoms with E-state index in [9.17, 15) is 13.6 Å². The largest absolute Gasteiger partial charge is 0.494 e. The van der Waals surface area contributed by atoms with Crippen molar-refractivity contribution in [3.63, 3.8) is 0 Å². The number of methoxy groups -OCH3 is 2. The van der Waals surface area contributed by atoms with Crippen molar-refractivity contribution in [2.45, 2.75) is 39.1 Å². The number of halogens is 2. The van der Waals surface area contributed by atoms with Gasteiger partial charge in [0.2, 0.25) is 5.95 Å². The summed E-state index contributed by atoms with van der Waals surface area (Å²) >= 11 is 0. The fourth-order valence-electron chi connectivity index (χ4n) is 5.19. The number of anilines is 3. The zero-order valence-corrected chi connectivity index (χ0v) is 25.5. The van der Waals surface area contributed by atoms with Crippen molar-refractivity contribution in [2.24, 2.45) is 0 Å². The Morgan fingerprint density at radius 2 is 1.62 bits per heavy atom. The van der Waals surface area contributed by atoms with E-state index in [1.54, 1.807) is 16.8 Å². The van der Waals surface area contributed by atoms with Gasteiger partial charge in [0, 0.05) is 55.3 Å². The standard InChI is InChI=1S/C32H36F2N6O5/c1-20-17-40(18-21(2)37-20)25-9-8-22(13-26(25)44-12-11-39-10-6-5-7-29(39)41)38-32-35-15-23(16-36-32)45-19-24-30(33)27(42-3)14-28(43-4)31(24)34/h5-10,13-16,20-21,37H,11-12,17-19H2,1-4H3,(H,35,36,38)/t20-,21+. The van der Waals surface area contributed by atoms with Crippen LogP contribution in [0.5, 0.6) is 23.0 Å². The normalized spacial score (nSPS) is 16.3. The molecular formula is C32H36F2N6O5. The third-order valence-corrected chi connectivity index (χ3v) is 7.28. The van der Waals surface area contributed by atoms with Gasteiger partial charge in [0.25, 0.3) is 5.56 Å². The van der Waals surface area contributed by atoms with Crippen LogP contribution in [0.15, 0.2) is 65.8 Å². The van der Waals surface area contributed by atoms with Crippen molar-refractivity contribution in [2.75, 3.05) is 44.1 Å². The Balaban J connectivity index is 1.29. The minimum absolute atomic E-state index is 0.0930. The van der Waals surface area contributed by atoms with Gasteiger partial charge in [-0.15, -0.1) is 0 Å². The molecule has 4 aromatic rings. The molecule has 13 heteroatoms. The van der Waals surface area contributed by atoms with Gasteiger partial charge in [-0.25, -0.2) is 18.7 Å². The summed E-state index contributed by atoms with van der Waals surface area (Å²) in [5.74, 6) is -0.934. The molecule has 0 radical (unpaired) electrons. The number of aromatic nitrogens is 3. The SMILES string of the molecule is COc1cc(OC)c(F)c(COc2cnc(Nc3ccc(N4C[C@@H](C)N[C@@H](C)C4)c(OCCn4ccccc4=O)c3)nc2)c1F. The van der Waals surface area contributed by atoms with Crippen LogP contribution in [-0.2, 0) is 13.2 Å². The molecule has 5 rings (SSSR count). The third kappa shape index (κ3) is 7.60. The molecule has 2 aromatic heterocycles. The monoisotopic (exact) mass is 622 g/mol.